The lowest BCUT2D eigenvalue weighted by molar-refractivity contribution is 0.305. The molecule has 5 rings (SSSR count). The second-order valence-corrected chi connectivity index (χ2v) is 8.24. The number of fused-ring (bicyclic) bond motifs is 1. The summed E-state index contributed by atoms with van der Waals surface area (Å²) >= 11 is 1.33. The van der Waals surface area contributed by atoms with Crippen LogP contribution in [0.4, 0.5) is 0 Å². The van der Waals surface area contributed by atoms with Crippen LogP contribution < -0.4 is 14.8 Å². The molecule has 0 bridgehead atoms. The molecule has 0 aliphatic rings. The molecule has 31 heavy (non-hydrogen) atoms. The van der Waals surface area contributed by atoms with Crippen LogP contribution in [0.3, 0.4) is 0 Å². The molecule has 3 aromatic carbocycles. The molecular weight excluding hydrogens is 406 g/mol. The van der Waals surface area contributed by atoms with E-state index in [0.29, 0.717) is 21.9 Å². The fraction of sp³-hybridized carbons (Fsp3) is 0.0800. The predicted molar refractivity (Wildman–Crippen MR) is 123 cm³/mol. The Bertz CT molecular complexity index is 1470. The van der Waals surface area contributed by atoms with Crippen molar-refractivity contribution >= 4 is 22.4 Å². The first-order valence-electron chi connectivity index (χ1n) is 9.91. The van der Waals surface area contributed by atoms with E-state index >= 15 is 0 Å². The minimum Gasteiger partial charge on any atom is -0.488 e. The summed E-state index contributed by atoms with van der Waals surface area (Å²) in [7, 11) is 0. The van der Waals surface area contributed by atoms with E-state index < -0.39 is 0 Å². The van der Waals surface area contributed by atoms with E-state index in [2.05, 4.69) is 10.1 Å². The topological polar surface area (TPSA) is 56.5 Å². The molecule has 0 aliphatic carbocycles. The summed E-state index contributed by atoms with van der Waals surface area (Å²) in [6.07, 6.45) is 1.84. The number of nitrogens with zero attached hydrogens (tertiary/aromatic N) is 3. The Balaban J connectivity index is 1.48. The highest BCUT2D eigenvalue weighted by molar-refractivity contribution is 7.15. The zero-order valence-electron chi connectivity index (χ0n) is 16.9. The van der Waals surface area contributed by atoms with E-state index in [-0.39, 0.29) is 5.56 Å². The van der Waals surface area contributed by atoms with Gasteiger partial charge in [0.15, 0.2) is 5.82 Å². The Kier molecular flexibility index (Phi) is 5.06. The smallest absolute Gasteiger partial charge is 0.291 e. The second kappa shape index (κ2) is 8.16. The second-order valence-electron chi connectivity index (χ2n) is 7.23. The van der Waals surface area contributed by atoms with Crippen molar-refractivity contribution in [3.8, 4) is 17.1 Å². The summed E-state index contributed by atoms with van der Waals surface area (Å²) in [6.45, 7) is 2.48. The first-order valence-corrected chi connectivity index (χ1v) is 10.7. The molecule has 0 saturated heterocycles. The van der Waals surface area contributed by atoms with E-state index in [4.69, 9.17) is 4.74 Å². The summed E-state index contributed by atoms with van der Waals surface area (Å²) in [5.41, 5.74) is 3.78. The number of benzene rings is 3. The largest absolute Gasteiger partial charge is 0.488 e. The number of rotatable bonds is 5. The third-order valence-corrected chi connectivity index (χ3v) is 5.86. The summed E-state index contributed by atoms with van der Waals surface area (Å²) in [6, 6.07) is 25.6. The zero-order valence-corrected chi connectivity index (χ0v) is 17.7. The van der Waals surface area contributed by atoms with Crippen LogP contribution >= 0.6 is 11.3 Å². The summed E-state index contributed by atoms with van der Waals surface area (Å²) < 4.78 is 7.96. The Labute approximate surface area is 182 Å². The molecule has 5 aromatic rings. The third-order valence-electron chi connectivity index (χ3n) is 4.90. The van der Waals surface area contributed by atoms with Crippen LogP contribution in [-0.2, 0) is 6.61 Å². The highest BCUT2D eigenvalue weighted by atomic mass is 32.1. The van der Waals surface area contributed by atoms with Gasteiger partial charge in [-0.3, -0.25) is 4.79 Å². The van der Waals surface area contributed by atoms with Gasteiger partial charge in [0.25, 0.3) is 5.56 Å². The molecule has 2 heterocycles. The predicted octanol–water partition coefficient (Wildman–Crippen LogP) is 4.25. The maximum Gasteiger partial charge on any atom is 0.291 e. The van der Waals surface area contributed by atoms with Crippen LogP contribution in [0, 0.1) is 6.92 Å². The van der Waals surface area contributed by atoms with Gasteiger partial charge in [0, 0.05) is 11.1 Å². The van der Waals surface area contributed by atoms with Gasteiger partial charge in [0.1, 0.15) is 12.4 Å². The standard InChI is InChI=1S/C25H19N3O2S/c1-17-8-7-12-20(14-17)23-26-25-28(27-23)24(29)22(31-25)15-19-11-5-6-13-21(19)30-16-18-9-3-2-4-10-18/h2-15H,16H2,1H3/b22-15-. The van der Waals surface area contributed by atoms with Gasteiger partial charge in [-0.1, -0.05) is 83.6 Å². The van der Waals surface area contributed by atoms with Crippen molar-refractivity contribution < 1.29 is 4.74 Å². The van der Waals surface area contributed by atoms with Crippen LogP contribution in [0.2, 0.25) is 0 Å². The fourth-order valence-corrected chi connectivity index (χ4v) is 4.25. The molecular formula is C25H19N3O2S. The van der Waals surface area contributed by atoms with Gasteiger partial charge in [0.05, 0.1) is 4.53 Å². The first kappa shape index (κ1) is 19.2. The summed E-state index contributed by atoms with van der Waals surface area (Å²) in [5.74, 6) is 1.29. The monoisotopic (exact) mass is 425 g/mol. The molecule has 5 nitrogen and oxygen atoms in total. The Hall–Kier alpha value is -3.77. The van der Waals surface area contributed by atoms with Crippen molar-refractivity contribution in [2.75, 3.05) is 0 Å². The van der Waals surface area contributed by atoms with Gasteiger partial charge < -0.3 is 4.74 Å². The van der Waals surface area contributed by atoms with Crippen LogP contribution in [0.15, 0.2) is 83.7 Å². The molecule has 0 spiro atoms. The lowest BCUT2D eigenvalue weighted by atomic mass is 10.1. The highest BCUT2D eigenvalue weighted by Crippen LogP contribution is 2.21. The molecule has 152 valence electrons. The number of aryl methyl sites for hydroxylation is 1. The molecule has 6 heteroatoms. The maximum atomic E-state index is 12.9. The zero-order chi connectivity index (χ0) is 21.2. The van der Waals surface area contributed by atoms with Crippen molar-refractivity contribution in [1.82, 2.24) is 14.6 Å². The van der Waals surface area contributed by atoms with E-state index in [9.17, 15) is 4.79 Å². The van der Waals surface area contributed by atoms with Gasteiger partial charge >= 0.3 is 0 Å². The average molecular weight is 426 g/mol. The molecule has 0 radical (unpaired) electrons. The first-order chi connectivity index (χ1) is 15.2. The fourth-order valence-electron chi connectivity index (χ4n) is 3.35. The molecule has 0 N–H and O–H groups in total. The van der Waals surface area contributed by atoms with Crippen LogP contribution in [0.5, 0.6) is 5.75 Å². The van der Waals surface area contributed by atoms with E-state index in [0.717, 1.165) is 28.0 Å². The lowest BCUT2D eigenvalue weighted by Gasteiger charge is -2.08. The minimum atomic E-state index is -0.177. The molecule has 0 saturated carbocycles. The normalized spacial score (nSPS) is 11.8. The van der Waals surface area contributed by atoms with E-state index in [1.54, 1.807) is 0 Å². The molecule has 0 unspecified atom stereocenters. The quantitative estimate of drug-likeness (QED) is 0.422. The number of hydrogen-bond acceptors (Lipinski definition) is 5. The average Bonchev–Trinajstić information content (AvgIpc) is 3.33. The van der Waals surface area contributed by atoms with Crippen LogP contribution in [0.1, 0.15) is 16.7 Å². The number of aromatic nitrogens is 3. The maximum absolute atomic E-state index is 12.9. The van der Waals surface area contributed by atoms with Gasteiger partial charge in [-0.2, -0.15) is 9.50 Å². The van der Waals surface area contributed by atoms with Gasteiger partial charge in [-0.25, -0.2) is 0 Å². The molecule has 0 fully saturated rings. The number of thiazole rings is 1. The summed E-state index contributed by atoms with van der Waals surface area (Å²) in [4.78, 5) is 18.1. The van der Waals surface area contributed by atoms with E-state index in [1.165, 1.54) is 15.9 Å². The van der Waals surface area contributed by atoms with Crippen molar-refractivity contribution in [3.05, 3.63) is 110 Å². The number of hydrogen-bond donors (Lipinski definition) is 0. The van der Waals surface area contributed by atoms with Crippen molar-refractivity contribution in [2.24, 2.45) is 0 Å². The van der Waals surface area contributed by atoms with Gasteiger partial charge in [-0.05, 0) is 30.7 Å². The minimum absolute atomic E-state index is 0.177. The SMILES string of the molecule is Cc1cccc(-c2nc3s/c(=C\c4ccccc4OCc4ccccc4)c(=O)n3n2)c1. The van der Waals surface area contributed by atoms with E-state index in [1.807, 2.05) is 91.9 Å². The van der Waals surface area contributed by atoms with Gasteiger partial charge in [0.2, 0.25) is 4.96 Å². The third kappa shape index (κ3) is 3.98. The van der Waals surface area contributed by atoms with Crippen LogP contribution in [-0.4, -0.2) is 14.6 Å². The van der Waals surface area contributed by atoms with Crippen LogP contribution in [0.25, 0.3) is 22.4 Å². The molecule has 0 amide bonds. The molecule has 0 aliphatic heterocycles. The molecule has 2 aromatic heterocycles. The number of para-hydroxylation sites is 1. The summed E-state index contributed by atoms with van der Waals surface area (Å²) in [5, 5.41) is 4.44. The highest BCUT2D eigenvalue weighted by Gasteiger charge is 2.12. The molecule has 0 atom stereocenters. The number of ether oxygens (including phenoxy) is 1. The van der Waals surface area contributed by atoms with Crippen molar-refractivity contribution in [3.63, 3.8) is 0 Å². The Morgan fingerprint density at radius 3 is 2.61 bits per heavy atom. The van der Waals surface area contributed by atoms with Crippen molar-refractivity contribution in [2.45, 2.75) is 13.5 Å². The lowest BCUT2D eigenvalue weighted by Crippen LogP contribution is -2.23. The van der Waals surface area contributed by atoms with Crippen molar-refractivity contribution in [1.29, 1.82) is 0 Å². The Morgan fingerprint density at radius 2 is 1.81 bits per heavy atom. The van der Waals surface area contributed by atoms with Gasteiger partial charge in [-0.15, -0.1) is 5.10 Å². The Morgan fingerprint density at radius 1 is 1.00 bits per heavy atom.